The Hall–Kier alpha value is -1.69. The van der Waals surface area contributed by atoms with Crippen LogP contribution in [0, 0.1) is 0 Å². The molecular formula is C37H62O31. The van der Waals surface area contributed by atoms with Crippen molar-refractivity contribution in [3.05, 3.63) is 0 Å². The molecule has 6 rings (SSSR count). The van der Waals surface area contributed by atoms with Crippen molar-refractivity contribution >= 4 is 6.47 Å². The summed E-state index contributed by atoms with van der Waals surface area (Å²) in [6.07, 6.45) is -53.6. The minimum atomic E-state index is -2.06. The van der Waals surface area contributed by atoms with Crippen molar-refractivity contribution in [1.29, 1.82) is 0 Å². The van der Waals surface area contributed by atoms with Gasteiger partial charge in [0.15, 0.2) is 37.7 Å². The van der Waals surface area contributed by atoms with E-state index in [1.165, 1.54) is 6.92 Å². The standard InChI is InChI=1S/C37H62O31/c1-8-28(65-36-26(54)20(48)29(10(4-39)62-36)66-37-24(52)18(46)23(51)34(68-37)59-7-40)19(47)25(53)35(60-8)67-30-15(43)12(63-31(56-2)27(30)55)6-58-33-22(50)17(45)14(42)11(64-33)5-57-32-21(49)16(44)13(41)9(3-38)61-32/h7-39,41-55H,3-6H2,1-2H3/t8?,9?,10?,11?,12?,13-,14-,15-,16+,17?,18?,19-,20-,21?,22+,23+,24?,25?,26?,27?,28+,29-,30+,31-,32-,33+,34-,35+,36+,37-/m1/s1. The maximum Gasteiger partial charge on any atom is 0.295 e. The van der Waals surface area contributed by atoms with Crippen LogP contribution in [-0.2, 0) is 66.4 Å². The second kappa shape index (κ2) is 23.9. The molecule has 0 radical (unpaired) electrons. The molecule has 0 aliphatic carbocycles. The molecule has 17 N–H and O–H groups in total. The number of methoxy groups -OCH3 is 1. The molecule has 31 heteroatoms. The average Bonchev–Trinajstić information content (AvgIpc) is 3.32. The quantitative estimate of drug-likeness (QED) is 0.0602. The molecule has 0 aromatic heterocycles. The van der Waals surface area contributed by atoms with E-state index in [-0.39, 0.29) is 6.47 Å². The number of carbonyl (C=O) groups excluding carboxylic acids is 1. The Bertz CT molecular complexity index is 1550. The number of hydrogen-bond donors (Lipinski definition) is 17. The SMILES string of the molecule is CO[C@@H]1OC(CO[C@H]2OC(CO[C@@H]3OC(CO)[C@@H](O)[C@H](O)C3O)[C@@H](O)C(O)[C@@H]2O)[C@@H](O)[C@H](O[C@@H]2OC(C)[C@H](O[C@@H]3OC(CO)[C@@H](O[C@@H]4O[C@@H](OC=O)[C@@H](O)C(O)C4O)[C@H](O)C3O)[C@H](O)C2O)C1O. The van der Waals surface area contributed by atoms with E-state index in [1.54, 1.807) is 0 Å². The van der Waals surface area contributed by atoms with E-state index in [2.05, 4.69) is 4.74 Å². The molecule has 0 bridgehead atoms. The normalized spacial score (nSPS) is 52.6. The molecule has 6 saturated heterocycles. The summed E-state index contributed by atoms with van der Waals surface area (Å²) in [5, 5.41) is 179. The minimum Gasteiger partial charge on any atom is -0.435 e. The van der Waals surface area contributed by atoms with Gasteiger partial charge in [-0.15, -0.1) is 0 Å². The molecule has 30 atom stereocenters. The van der Waals surface area contributed by atoms with Crippen molar-refractivity contribution in [2.45, 2.75) is 191 Å². The van der Waals surface area contributed by atoms with Gasteiger partial charge in [-0.3, -0.25) is 4.79 Å². The van der Waals surface area contributed by atoms with Gasteiger partial charge in [-0.2, -0.15) is 0 Å². The molecule has 0 saturated carbocycles. The first-order valence-electron chi connectivity index (χ1n) is 21.4. The Morgan fingerprint density at radius 2 is 0.779 bits per heavy atom. The fourth-order valence-corrected chi connectivity index (χ4v) is 8.37. The Labute approximate surface area is 384 Å². The van der Waals surface area contributed by atoms with E-state index < -0.39 is 211 Å². The zero-order valence-corrected chi connectivity index (χ0v) is 36.0. The first-order chi connectivity index (χ1) is 32.2. The van der Waals surface area contributed by atoms with Gasteiger partial charge in [0.2, 0.25) is 6.29 Å². The lowest BCUT2D eigenvalue weighted by atomic mass is 9.96. The molecule has 0 spiro atoms. The highest BCUT2D eigenvalue weighted by atomic mass is 16.8. The van der Waals surface area contributed by atoms with Crippen molar-refractivity contribution < 1.29 is 153 Å². The summed E-state index contributed by atoms with van der Waals surface area (Å²) in [7, 11) is 1.11. The van der Waals surface area contributed by atoms with E-state index in [4.69, 9.17) is 56.8 Å². The van der Waals surface area contributed by atoms with Crippen LogP contribution in [0.3, 0.4) is 0 Å². The number of hydrogen-bond acceptors (Lipinski definition) is 31. The van der Waals surface area contributed by atoms with Gasteiger partial charge in [0, 0.05) is 7.11 Å². The zero-order chi connectivity index (χ0) is 50.0. The number of ether oxygens (including phenoxy) is 13. The molecule has 31 nitrogen and oxygen atoms in total. The molecule has 0 amide bonds. The number of rotatable bonds is 17. The average molecular weight is 1000 g/mol. The van der Waals surface area contributed by atoms with Gasteiger partial charge in [0.1, 0.15) is 134 Å². The van der Waals surface area contributed by atoms with Crippen molar-refractivity contribution in [3.8, 4) is 0 Å². The minimum absolute atomic E-state index is 0.117. The van der Waals surface area contributed by atoms with E-state index in [1.807, 2.05) is 0 Å². The number of aliphatic hydroxyl groups excluding tert-OH is 17. The van der Waals surface area contributed by atoms with Gasteiger partial charge in [0.05, 0.1) is 32.5 Å². The highest BCUT2D eigenvalue weighted by molar-refractivity contribution is 5.37. The second-order valence-corrected chi connectivity index (χ2v) is 16.9. The van der Waals surface area contributed by atoms with Gasteiger partial charge < -0.3 is 148 Å². The summed E-state index contributed by atoms with van der Waals surface area (Å²) in [6, 6.07) is 0. The second-order valence-electron chi connectivity index (χ2n) is 16.9. The molecule has 12 unspecified atom stereocenters. The third-order valence-electron chi connectivity index (χ3n) is 12.4. The van der Waals surface area contributed by atoms with Crippen LogP contribution in [-0.4, -0.2) is 311 Å². The van der Waals surface area contributed by atoms with Crippen molar-refractivity contribution in [2.24, 2.45) is 0 Å². The first-order valence-corrected chi connectivity index (χ1v) is 21.4. The summed E-state index contributed by atoms with van der Waals surface area (Å²) in [6.45, 7) is -1.91. The Balaban J connectivity index is 1.05. The maximum atomic E-state index is 11.4. The molecule has 396 valence electrons. The lowest BCUT2D eigenvalue weighted by molar-refractivity contribution is -0.392. The highest BCUT2D eigenvalue weighted by Crippen LogP contribution is 2.35. The molecule has 0 aromatic carbocycles. The smallest absolute Gasteiger partial charge is 0.295 e. The third kappa shape index (κ3) is 11.6. The summed E-state index contributed by atoms with van der Waals surface area (Å²) >= 11 is 0. The maximum absolute atomic E-state index is 11.4. The van der Waals surface area contributed by atoms with Gasteiger partial charge in [0.25, 0.3) is 6.47 Å². The van der Waals surface area contributed by atoms with Crippen LogP contribution in [0.15, 0.2) is 0 Å². The summed E-state index contributed by atoms with van der Waals surface area (Å²) in [4.78, 5) is 10.8. The molecule has 0 aromatic rings. The van der Waals surface area contributed by atoms with Crippen LogP contribution >= 0.6 is 0 Å². The molecule has 68 heavy (non-hydrogen) atoms. The third-order valence-corrected chi connectivity index (χ3v) is 12.4. The summed E-state index contributed by atoms with van der Waals surface area (Å²) in [5.74, 6) is 0. The fraction of sp³-hybridized carbons (Fsp3) is 0.973. The van der Waals surface area contributed by atoms with Crippen molar-refractivity contribution in [1.82, 2.24) is 0 Å². The van der Waals surface area contributed by atoms with E-state index in [0.29, 0.717) is 0 Å². The number of carbonyl (C=O) groups is 1. The molecular weight excluding hydrogens is 940 g/mol. The summed E-state index contributed by atoms with van der Waals surface area (Å²) in [5.41, 5.74) is 0. The predicted molar refractivity (Wildman–Crippen MR) is 203 cm³/mol. The lowest BCUT2D eigenvalue weighted by Gasteiger charge is -2.48. The van der Waals surface area contributed by atoms with Gasteiger partial charge in [-0.25, -0.2) is 0 Å². The van der Waals surface area contributed by atoms with Crippen LogP contribution in [0.1, 0.15) is 6.92 Å². The molecule has 6 heterocycles. The Morgan fingerprint density at radius 3 is 1.34 bits per heavy atom. The lowest BCUT2D eigenvalue weighted by Crippen LogP contribution is -2.67. The van der Waals surface area contributed by atoms with Crippen molar-refractivity contribution in [3.63, 3.8) is 0 Å². The van der Waals surface area contributed by atoms with Crippen LogP contribution in [0.5, 0.6) is 0 Å². The Morgan fingerprint density at radius 1 is 0.382 bits per heavy atom. The first kappa shape index (κ1) is 55.6. The highest BCUT2D eigenvalue weighted by Gasteiger charge is 2.56. The van der Waals surface area contributed by atoms with Crippen LogP contribution < -0.4 is 0 Å². The fourth-order valence-electron chi connectivity index (χ4n) is 8.37. The van der Waals surface area contributed by atoms with Gasteiger partial charge in [-0.1, -0.05) is 0 Å². The monoisotopic (exact) mass is 1000 g/mol. The molecule has 6 aliphatic heterocycles. The summed E-state index contributed by atoms with van der Waals surface area (Å²) < 4.78 is 70.8. The zero-order valence-electron chi connectivity index (χ0n) is 36.0. The topological polar surface area (TPSA) is 481 Å². The van der Waals surface area contributed by atoms with Crippen LogP contribution in [0.4, 0.5) is 0 Å². The van der Waals surface area contributed by atoms with Crippen molar-refractivity contribution in [2.75, 3.05) is 33.5 Å². The number of aliphatic hydroxyl groups is 17. The van der Waals surface area contributed by atoms with Crippen LogP contribution in [0.2, 0.25) is 0 Å². The van der Waals surface area contributed by atoms with Gasteiger partial charge >= 0.3 is 0 Å². The van der Waals surface area contributed by atoms with E-state index in [0.717, 1.165) is 7.11 Å². The molecule has 6 aliphatic rings. The van der Waals surface area contributed by atoms with E-state index in [9.17, 15) is 91.6 Å². The van der Waals surface area contributed by atoms with E-state index >= 15 is 0 Å². The Kier molecular flexibility index (Phi) is 19.5. The predicted octanol–water partition coefficient (Wildman–Crippen LogP) is -12.3. The largest absolute Gasteiger partial charge is 0.435 e. The van der Waals surface area contributed by atoms with Gasteiger partial charge in [-0.05, 0) is 6.92 Å². The molecule has 6 fully saturated rings. The van der Waals surface area contributed by atoms with Crippen LogP contribution in [0.25, 0.3) is 0 Å².